The van der Waals surface area contributed by atoms with Crippen LogP contribution in [0.15, 0.2) is 24.4 Å². The minimum Gasteiger partial charge on any atom is -0.319 e. The standard InChI is InChI=1S/C12H5Cl3F2N2O/c13-8-2-5(16)3-9(14)10(8)19-12(20)7-1-6(17)4-18-11(7)15/h1-4H,(H,19,20). The van der Waals surface area contributed by atoms with Crippen LogP contribution in [0.4, 0.5) is 14.5 Å². The minimum atomic E-state index is -0.766. The topological polar surface area (TPSA) is 42.0 Å². The first-order valence-electron chi connectivity index (χ1n) is 5.15. The molecule has 3 nitrogen and oxygen atoms in total. The van der Waals surface area contributed by atoms with Gasteiger partial charge in [0.1, 0.15) is 16.8 Å². The molecule has 2 rings (SSSR count). The molecule has 0 aliphatic carbocycles. The monoisotopic (exact) mass is 336 g/mol. The van der Waals surface area contributed by atoms with Crippen molar-refractivity contribution in [2.75, 3.05) is 5.32 Å². The number of amides is 1. The molecule has 0 saturated carbocycles. The molecule has 0 fully saturated rings. The SMILES string of the molecule is O=C(Nc1c(Cl)cc(F)cc1Cl)c1cc(F)cnc1Cl. The summed E-state index contributed by atoms with van der Waals surface area (Å²) in [6.07, 6.45) is 0.872. The maximum absolute atomic E-state index is 13.1. The lowest BCUT2D eigenvalue weighted by molar-refractivity contribution is 0.102. The Bertz CT molecular complexity index is 671. The Morgan fingerprint density at radius 1 is 1.05 bits per heavy atom. The third kappa shape index (κ3) is 3.17. The summed E-state index contributed by atoms with van der Waals surface area (Å²) >= 11 is 17.2. The number of carbonyl (C=O) groups excluding carboxylic acids is 1. The Morgan fingerprint density at radius 2 is 1.65 bits per heavy atom. The average Bonchev–Trinajstić information content (AvgIpc) is 2.36. The van der Waals surface area contributed by atoms with E-state index in [4.69, 9.17) is 34.8 Å². The lowest BCUT2D eigenvalue weighted by atomic mass is 10.2. The van der Waals surface area contributed by atoms with Crippen molar-refractivity contribution in [1.82, 2.24) is 4.98 Å². The highest BCUT2D eigenvalue weighted by Crippen LogP contribution is 2.32. The van der Waals surface area contributed by atoms with Gasteiger partial charge in [-0.3, -0.25) is 4.79 Å². The van der Waals surface area contributed by atoms with Gasteiger partial charge in [-0.15, -0.1) is 0 Å². The van der Waals surface area contributed by atoms with E-state index in [2.05, 4.69) is 10.3 Å². The van der Waals surface area contributed by atoms with Crippen LogP contribution in [-0.4, -0.2) is 10.9 Å². The highest BCUT2D eigenvalue weighted by atomic mass is 35.5. The molecule has 8 heteroatoms. The van der Waals surface area contributed by atoms with Crippen LogP contribution < -0.4 is 5.32 Å². The van der Waals surface area contributed by atoms with Gasteiger partial charge in [0.15, 0.2) is 0 Å². The lowest BCUT2D eigenvalue weighted by Gasteiger charge is -2.10. The third-order valence-electron chi connectivity index (χ3n) is 2.30. The van der Waals surface area contributed by atoms with Crippen molar-refractivity contribution in [3.8, 4) is 0 Å². The van der Waals surface area contributed by atoms with Crippen molar-refractivity contribution in [2.24, 2.45) is 0 Å². The molecule has 0 radical (unpaired) electrons. The van der Waals surface area contributed by atoms with Crippen LogP contribution in [0.2, 0.25) is 15.2 Å². The highest BCUT2D eigenvalue weighted by molar-refractivity contribution is 6.40. The van der Waals surface area contributed by atoms with Gasteiger partial charge in [-0.2, -0.15) is 0 Å². The molecular formula is C12H5Cl3F2N2O. The molecule has 2 aromatic rings. The zero-order valence-electron chi connectivity index (χ0n) is 9.55. The summed E-state index contributed by atoms with van der Waals surface area (Å²) < 4.78 is 26.1. The van der Waals surface area contributed by atoms with Gasteiger partial charge in [-0.25, -0.2) is 13.8 Å². The van der Waals surface area contributed by atoms with E-state index in [9.17, 15) is 13.6 Å². The van der Waals surface area contributed by atoms with Crippen LogP contribution >= 0.6 is 34.8 Å². The van der Waals surface area contributed by atoms with Gasteiger partial charge in [0.05, 0.1) is 27.5 Å². The summed E-state index contributed by atoms with van der Waals surface area (Å²) in [5.41, 5.74) is -0.191. The Hall–Kier alpha value is -1.43. The van der Waals surface area contributed by atoms with Gasteiger partial charge in [-0.1, -0.05) is 34.8 Å². The number of carbonyl (C=O) groups is 1. The Morgan fingerprint density at radius 3 is 2.25 bits per heavy atom. The van der Waals surface area contributed by atoms with Crippen molar-refractivity contribution in [2.45, 2.75) is 0 Å². The van der Waals surface area contributed by atoms with Crippen LogP contribution in [-0.2, 0) is 0 Å². The maximum atomic E-state index is 13.1. The van der Waals surface area contributed by atoms with Crippen molar-refractivity contribution in [3.05, 3.63) is 56.8 Å². The number of anilines is 1. The first-order chi connectivity index (χ1) is 9.38. The summed E-state index contributed by atoms with van der Waals surface area (Å²) in [6, 6.07) is 2.87. The normalized spacial score (nSPS) is 10.4. The third-order valence-corrected chi connectivity index (χ3v) is 3.19. The zero-order chi connectivity index (χ0) is 14.9. The van der Waals surface area contributed by atoms with E-state index in [0.717, 1.165) is 24.4 Å². The molecule has 0 atom stereocenters. The summed E-state index contributed by atoms with van der Waals surface area (Å²) in [4.78, 5) is 15.5. The predicted octanol–water partition coefficient (Wildman–Crippen LogP) is 4.57. The molecule has 0 aliphatic rings. The largest absolute Gasteiger partial charge is 0.319 e. The Balaban J connectivity index is 2.35. The molecule has 0 spiro atoms. The highest BCUT2D eigenvalue weighted by Gasteiger charge is 2.16. The molecule has 0 bridgehead atoms. The summed E-state index contributed by atoms with van der Waals surface area (Å²) in [7, 11) is 0. The molecule has 1 aromatic heterocycles. The van der Waals surface area contributed by atoms with E-state index in [1.54, 1.807) is 0 Å². The number of rotatable bonds is 2. The van der Waals surface area contributed by atoms with E-state index in [-0.39, 0.29) is 26.4 Å². The molecule has 0 aliphatic heterocycles. The quantitative estimate of drug-likeness (QED) is 0.816. The van der Waals surface area contributed by atoms with Gasteiger partial charge in [0, 0.05) is 0 Å². The number of benzene rings is 1. The van der Waals surface area contributed by atoms with Gasteiger partial charge in [0.25, 0.3) is 5.91 Å². The first kappa shape index (κ1) is 15.0. The van der Waals surface area contributed by atoms with Crippen LogP contribution in [0.3, 0.4) is 0 Å². The second-order valence-corrected chi connectivity index (χ2v) is 4.86. The Labute approximate surface area is 127 Å². The predicted molar refractivity (Wildman–Crippen MR) is 73.6 cm³/mol. The number of nitrogens with zero attached hydrogens (tertiary/aromatic N) is 1. The van der Waals surface area contributed by atoms with Gasteiger partial charge >= 0.3 is 0 Å². The summed E-state index contributed by atoms with van der Waals surface area (Å²) in [5, 5.41) is 1.96. The molecule has 0 unspecified atom stereocenters. The second-order valence-electron chi connectivity index (χ2n) is 3.69. The number of hydrogen-bond acceptors (Lipinski definition) is 2. The lowest BCUT2D eigenvalue weighted by Crippen LogP contribution is -2.14. The summed E-state index contributed by atoms with van der Waals surface area (Å²) in [5.74, 6) is -2.14. The fourth-order valence-electron chi connectivity index (χ4n) is 1.42. The van der Waals surface area contributed by atoms with E-state index >= 15 is 0 Å². The van der Waals surface area contributed by atoms with Gasteiger partial charge in [0.2, 0.25) is 0 Å². The molecule has 1 N–H and O–H groups in total. The Kier molecular flexibility index (Phi) is 4.42. The molecular weight excluding hydrogens is 332 g/mol. The fraction of sp³-hybridized carbons (Fsp3) is 0. The van der Waals surface area contributed by atoms with Crippen molar-refractivity contribution in [1.29, 1.82) is 0 Å². The first-order valence-corrected chi connectivity index (χ1v) is 6.29. The zero-order valence-corrected chi connectivity index (χ0v) is 11.8. The smallest absolute Gasteiger partial charge is 0.258 e. The number of halogens is 5. The van der Waals surface area contributed by atoms with E-state index in [1.807, 2.05) is 0 Å². The molecule has 1 heterocycles. The number of pyridine rings is 1. The molecule has 0 saturated heterocycles. The van der Waals surface area contributed by atoms with E-state index in [0.29, 0.717) is 0 Å². The molecule has 1 aromatic carbocycles. The average molecular weight is 338 g/mol. The van der Waals surface area contributed by atoms with Crippen molar-refractivity contribution >= 4 is 46.4 Å². The van der Waals surface area contributed by atoms with Crippen molar-refractivity contribution in [3.63, 3.8) is 0 Å². The van der Waals surface area contributed by atoms with Gasteiger partial charge < -0.3 is 5.32 Å². The maximum Gasteiger partial charge on any atom is 0.258 e. The van der Waals surface area contributed by atoms with Crippen LogP contribution in [0.1, 0.15) is 10.4 Å². The van der Waals surface area contributed by atoms with E-state index in [1.165, 1.54) is 0 Å². The van der Waals surface area contributed by atoms with Crippen LogP contribution in [0.5, 0.6) is 0 Å². The van der Waals surface area contributed by atoms with Gasteiger partial charge in [-0.05, 0) is 18.2 Å². The van der Waals surface area contributed by atoms with E-state index < -0.39 is 17.5 Å². The van der Waals surface area contributed by atoms with Crippen LogP contribution in [0.25, 0.3) is 0 Å². The fourth-order valence-corrected chi connectivity index (χ4v) is 2.17. The summed E-state index contributed by atoms with van der Waals surface area (Å²) in [6.45, 7) is 0. The number of aromatic nitrogens is 1. The molecule has 1 amide bonds. The molecule has 104 valence electrons. The molecule has 20 heavy (non-hydrogen) atoms. The van der Waals surface area contributed by atoms with Crippen molar-refractivity contribution < 1.29 is 13.6 Å². The minimum absolute atomic E-state index is 0.0000567. The van der Waals surface area contributed by atoms with Crippen LogP contribution in [0, 0.1) is 11.6 Å². The number of hydrogen-bond donors (Lipinski definition) is 1. The number of nitrogens with one attached hydrogen (secondary N) is 1. The second kappa shape index (κ2) is 5.91.